The van der Waals surface area contributed by atoms with Gasteiger partial charge in [-0.2, -0.15) is 0 Å². The summed E-state index contributed by atoms with van der Waals surface area (Å²) in [6, 6.07) is 44.6. The van der Waals surface area contributed by atoms with Crippen molar-refractivity contribution in [3.05, 3.63) is 157 Å². The van der Waals surface area contributed by atoms with Gasteiger partial charge < -0.3 is 4.74 Å². The summed E-state index contributed by atoms with van der Waals surface area (Å²) in [7, 11) is 0. The normalized spacial score (nSPS) is 10.7. The molecule has 0 N–H and O–H groups in total. The Morgan fingerprint density at radius 2 is 1.10 bits per heavy atom. The smallest absolute Gasteiger partial charge is 0.343 e. The molecule has 0 fully saturated rings. The lowest BCUT2D eigenvalue weighted by Crippen LogP contribution is -2.10. The van der Waals surface area contributed by atoms with E-state index >= 15 is 0 Å². The number of carbonyl (C=O) groups excluding carboxylic acids is 1. The maximum atomic E-state index is 13.0. The van der Waals surface area contributed by atoms with E-state index in [0.717, 1.165) is 33.1 Å². The van der Waals surface area contributed by atoms with E-state index in [9.17, 15) is 4.79 Å². The number of thioether (sulfide) groups is 2. The second-order valence-corrected chi connectivity index (χ2v) is 11.0. The molecule has 0 aromatic heterocycles. The average molecular weight is 545 g/mol. The lowest BCUT2D eigenvalue weighted by molar-refractivity contribution is -0.127. The highest BCUT2D eigenvalue weighted by molar-refractivity contribution is 7.98. The monoisotopic (exact) mass is 544 g/mol. The Labute approximate surface area is 238 Å². The number of hydrogen-bond acceptors (Lipinski definition) is 4. The molecule has 0 aliphatic heterocycles. The van der Waals surface area contributed by atoms with Gasteiger partial charge in [-0.15, -0.1) is 23.5 Å². The molecule has 0 heterocycles. The summed E-state index contributed by atoms with van der Waals surface area (Å²) in [6.07, 6.45) is 0. The predicted molar refractivity (Wildman–Crippen MR) is 165 cm³/mol. The highest BCUT2D eigenvalue weighted by atomic mass is 32.2. The highest BCUT2D eigenvalue weighted by Gasteiger charge is 2.16. The van der Waals surface area contributed by atoms with Gasteiger partial charge >= 0.3 is 5.97 Å². The Balaban J connectivity index is 1.25. The second-order valence-electron chi connectivity index (χ2n) is 8.93. The molecule has 0 aliphatic rings. The maximum Gasteiger partial charge on any atom is 0.343 e. The van der Waals surface area contributed by atoms with E-state index in [0.29, 0.717) is 11.3 Å². The molecule has 5 rings (SSSR count). The van der Waals surface area contributed by atoms with Gasteiger partial charge in [0.05, 0.1) is 5.57 Å². The van der Waals surface area contributed by atoms with Crippen LogP contribution in [0.2, 0.25) is 0 Å². The summed E-state index contributed by atoms with van der Waals surface area (Å²) >= 11 is 3.50. The van der Waals surface area contributed by atoms with E-state index in [2.05, 4.69) is 61.2 Å². The van der Waals surface area contributed by atoms with E-state index in [-0.39, 0.29) is 0 Å². The molecule has 39 heavy (non-hydrogen) atoms. The Kier molecular flexibility index (Phi) is 9.00. The number of rotatable bonds is 10. The van der Waals surface area contributed by atoms with E-state index in [4.69, 9.17) is 4.74 Å². The lowest BCUT2D eigenvalue weighted by atomic mass is 10.1. The number of carbonyl (C=O) groups is 1. The van der Waals surface area contributed by atoms with Gasteiger partial charge in [0.15, 0.2) is 0 Å². The predicted octanol–water partition coefficient (Wildman–Crippen LogP) is 9.56. The van der Waals surface area contributed by atoms with Gasteiger partial charge in [0.1, 0.15) is 5.75 Å². The minimum absolute atomic E-state index is 0.345. The quantitative estimate of drug-likeness (QED) is 0.0757. The third kappa shape index (κ3) is 7.11. The van der Waals surface area contributed by atoms with Crippen LogP contribution in [0.1, 0.15) is 16.7 Å². The van der Waals surface area contributed by atoms with E-state index in [1.165, 1.54) is 16.0 Å². The van der Waals surface area contributed by atoms with Crippen molar-refractivity contribution in [1.82, 2.24) is 0 Å². The third-order valence-electron chi connectivity index (χ3n) is 6.20. The minimum Gasteiger partial charge on any atom is -0.423 e. The molecule has 0 spiro atoms. The summed E-state index contributed by atoms with van der Waals surface area (Å²) in [5, 5.41) is 0. The standard InChI is InChI=1S/C35H28O2S2/c1-26(31-16-8-10-18-33(31)38-24-27-12-4-2-5-13-27)35(36)37-30-22-20-29(21-23-30)32-17-9-11-19-34(32)39-25-28-14-6-3-7-15-28/h2-23H,1,24-25H2. The topological polar surface area (TPSA) is 26.3 Å². The van der Waals surface area contributed by atoms with Gasteiger partial charge in [0.2, 0.25) is 0 Å². The van der Waals surface area contributed by atoms with Crippen molar-refractivity contribution in [2.45, 2.75) is 21.3 Å². The van der Waals surface area contributed by atoms with E-state index in [1.54, 1.807) is 11.8 Å². The molecule has 2 nitrogen and oxygen atoms in total. The Bertz CT molecular complexity index is 1550. The summed E-state index contributed by atoms with van der Waals surface area (Å²) in [4.78, 5) is 15.2. The first-order chi connectivity index (χ1) is 19.2. The summed E-state index contributed by atoms with van der Waals surface area (Å²) in [5.74, 6) is 1.76. The zero-order valence-electron chi connectivity index (χ0n) is 21.5. The molecule has 0 bridgehead atoms. The molecular formula is C35H28O2S2. The molecule has 192 valence electrons. The van der Waals surface area contributed by atoms with Crippen LogP contribution in [0.15, 0.2) is 150 Å². The molecule has 0 radical (unpaired) electrons. The number of ether oxygens (including phenoxy) is 1. The average Bonchev–Trinajstić information content (AvgIpc) is 3.00. The Morgan fingerprint density at radius 3 is 1.74 bits per heavy atom. The second kappa shape index (κ2) is 13.2. The first-order valence-electron chi connectivity index (χ1n) is 12.7. The summed E-state index contributed by atoms with van der Waals surface area (Å²) in [6.45, 7) is 4.07. The number of esters is 1. The molecule has 0 unspecified atom stereocenters. The molecule has 4 heteroatoms. The van der Waals surface area contributed by atoms with Crippen molar-refractivity contribution in [1.29, 1.82) is 0 Å². The van der Waals surface area contributed by atoms with Crippen molar-refractivity contribution in [2.24, 2.45) is 0 Å². The van der Waals surface area contributed by atoms with Crippen LogP contribution in [0.3, 0.4) is 0 Å². The maximum absolute atomic E-state index is 13.0. The lowest BCUT2D eigenvalue weighted by Gasteiger charge is -2.13. The van der Waals surface area contributed by atoms with Crippen molar-refractivity contribution >= 4 is 35.1 Å². The number of hydrogen-bond donors (Lipinski definition) is 0. The summed E-state index contributed by atoms with van der Waals surface area (Å²) in [5.41, 5.74) is 5.89. The van der Waals surface area contributed by atoms with Crippen molar-refractivity contribution in [2.75, 3.05) is 0 Å². The van der Waals surface area contributed by atoms with Crippen molar-refractivity contribution in [3.63, 3.8) is 0 Å². The van der Waals surface area contributed by atoms with Gasteiger partial charge in [-0.1, -0.05) is 116 Å². The van der Waals surface area contributed by atoms with Gasteiger partial charge in [-0.25, -0.2) is 4.79 Å². The highest BCUT2D eigenvalue weighted by Crippen LogP contribution is 2.35. The fourth-order valence-corrected chi connectivity index (χ4v) is 6.19. The Hall–Kier alpha value is -3.99. The zero-order chi connectivity index (χ0) is 26.9. The van der Waals surface area contributed by atoms with Crippen LogP contribution >= 0.6 is 23.5 Å². The van der Waals surface area contributed by atoms with Crippen LogP contribution in [-0.4, -0.2) is 5.97 Å². The molecule has 0 saturated carbocycles. The van der Waals surface area contributed by atoms with Crippen LogP contribution in [0.4, 0.5) is 0 Å². The van der Waals surface area contributed by atoms with Gasteiger partial charge in [0.25, 0.3) is 0 Å². The molecule has 0 atom stereocenters. The molecule has 0 saturated heterocycles. The van der Waals surface area contributed by atoms with E-state index in [1.807, 2.05) is 90.6 Å². The summed E-state index contributed by atoms with van der Waals surface area (Å²) < 4.78 is 5.72. The SMILES string of the molecule is C=C(C(=O)Oc1ccc(-c2ccccc2SCc2ccccc2)cc1)c1ccccc1SCc1ccccc1. The molecular weight excluding hydrogens is 517 g/mol. The van der Waals surface area contributed by atoms with Crippen molar-refractivity contribution in [3.8, 4) is 16.9 Å². The molecule has 0 amide bonds. The van der Waals surface area contributed by atoms with Crippen LogP contribution in [0.25, 0.3) is 16.7 Å². The van der Waals surface area contributed by atoms with Crippen LogP contribution in [0.5, 0.6) is 5.75 Å². The van der Waals surface area contributed by atoms with Crippen LogP contribution < -0.4 is 4.74 Å². The molecule has 5 aromatic rings. The van der Waals surface area contributed by atoms with Gasteiger partial charge in [0, 0.05) is 26.9 Å². The largest absolute Gasteiger partial charge is 0.423 e. The fourth-order valence-electron chi connectivity index (χ4n) is 4.12. The number of benzene rings is 5. The third-order valence-corrected chi connectivity index (χ3v) is 8.49. The molecule has 5 aromatic carbocycles. The minimum atomic E-state index is -0.450. The van der Waals surface area contributed by atoms with E-state index < -0.39 is 5.97 Å². The van der Waals surface area contributed by atoms with Crippen molar-refractivity contribution < 1.29 is 9.53 Å². The zero-order valence-corrected chi connectivity index (χ0v) is 23.1. The van der Waals surface area contributed by atoms with Crippen LogP contribution in [-0.2, 0) is 16.3 Å². The first kappa shape index (κ1) is 26.6. The molecule has 0 aliphatic carbocycles. The fraction of sp³-hybridized carbons (Fsp3) is 0.0571. The van der Waals surface area contributed by atoms with Gasteiger partial charge in [-0.3, -0.25) is 0 Å². The van der Waals surface area contributed by atoms with Gasteiger partial charge in [-0.05, 0) is 46.5 Å². The van der Waals surface area contributed by atoms with Crippen LogP contribution in [0, 0.1) is 0 Å². The first-order valence-corrected chi connectivity index (χ1v) is 14.7. The Morgan fingerprint density at radius 1 is 0.590 bits per heavy atom.